The van der Waals surface area contributed by atoms with Crippen molar-refractivity contribution in [3.05, 3.63) is 33.6 Å². The van der Waals surface area contributed by atoms with Gasteiger partial charge in [-0.2, -0.15) is 0 Å². The van der Waals surface area contributed by atoms with Crippen LogP contribution in [0.2, 0.25) is 0 Å². The molecule has 2 unspecified atom stereocenters. The number of hydrogen-bond donors (Lipinski definition) is 2. The van der Waals surface area contributed by atoms with Gasteiger partial charge < -0.3 is 14.9 Å². The zero-order chi connectivity index (χ0) is 13.9. The molecular weight excluding hydrogens is 244 g/mol. The van der Waals surface area contributed by atoms with Crippen LogP contribution in [-0.2, 0) is 9.53 Å². The SMILES string of the molecule is COC(=O)C(O)C(O)c1cnc(C)c([N+](=O)[O-])c1. The summed E-state index contributed by atoms with van der Waals surface area (Å²) in [4.78, 5) is 24.8. The summed E-state index contributed by atoms with van der Waals surface area (Å²) in [6.07, 6.45) is -2.30. The van der Waals surface area contributed by atoms with Crippen molar-refractivity contribution >= 4 is 11.7 Å². The Morgan fingerprint density at radius 2 is 2.17 bits per heavy atom. The van der Waals surface area contributed by atoms with Crippen LogP contribution in [0.4, 0.5) is 5.69 Å². The van der Waals surface area contributed by atoms with Crippen LogP contribution in [0, 0.1) is 17.0 Å². The van der Waals surface area contributed by atoms with Gasteiger partial charge in [0.05, 0.1) is 12.0 Å². The maximum absolute atomic E-state index is 11.0. The maximum Gasteiger partial charge on any atom is 0.337 e. The van der Waals surface area contributed by atoms with Crippen LogP contribution in [-0.4, -0.2) is 39.3 Å². The minimum Gasteiger partial charge on any atom is -0.467 e. The van der Waals surface area contributed by atoms with Gasteiger partial charge in [0.1, 0.15) is 11.8 Å². The number of esters is 1. The second-order valence-electron chi connectivity index (χ2n) is 3.54. The van der Waals surface area contributed by atoms with Crippen LogP contribution in [0.15, 0.2) is 12.3 Å². The molecule has 0 saturated heterocycles. The largest absolute Gasteiger partial charge is 0.467 e. The van der Waals surface area contributed by atoms with Gasteiger partial charge in [0.25, 0.3) is 5.69 Å². The zero-order valence-corrected chi connectivity index (χ0v) is 9.73. The first-order valence-electron chi connectivity index (χ1n) is 4.93. The first kappa shape index (κ1) is 14.0. The molecule has 0 amide bonds. The number of pyridine rings is 1. The Kier molecular flexibility index (Phi) is 4.29. The van der Waals surface area contributed by atoms with Crippen LogP contribution in [0.1, 0.15) is 17.4 Å². The maximum atomic E-state index is 11.0. The second-order valence-corrected chi connectivity index (χ2v) is 3.54. The van der Waals surface area contributed by atoms with E-state index in [0.29, 0.717) is 0 Å². The predicted molar refractivity (Wildman–Crippen MR) is 58.6 cm³/mol. The van der Waals surface area contributed by atoms with Crippen molar-refractivity contribution in [3.8, 4) is 0 Å². The van der Waals surface area contributed by atoms with Gasteiger partial charge in [-0.15, -0.1) is 0 Å². The first-order chi connectivity index (χ1) is 8.38. The Morgan fingerprint density at radius 1 is 1.56 bits per heavy atom. The number of aliphatic hydroxyl groups is 2. The molecule has 1 aromatic heterocycles. The van der Waals surface area contributed by atoms with Crippen LogP contribution in [0.25, 0.3) is 0 Å². The van der Waals surface area contributed by atoms with Gasteiger partial charge in [-0.05, 0) is 6.92 Å². The molecule has 0 bridgehead atoms. The molecule has 0 radical (unpaired) electrons. The molecule has 0 aromatic carbocycles. The topological polar surface area (TPSA) is 123 Å². The van der Waals surface area contributed by atoms with E-state index in [0.717, 1.165) is 19.4 Å². The summed E-state index contributed by atoms with van der Waals surface area (Å²) in [6.45, 7) is 1.44. The van der Waals surface area contributed by atoms with Gasteiger partial charge in [-0.3, -0.25) is 15.1 Å². The Balaban J connectivity index is 3.07. The normalized spacial score (nSPS) is 13.8. The number of carbonyl (C=O) groups is 1. The second kappa shape index (κ2) is 5.52. The van der Waals surface area contributed by atoms with Crippen molar-refractivity contribution in [2.75, 3.05) is 7.11 Å². The number of nitrogens with zero attached hydrogens (tertiary/aromatic N) is 2. The van der Waals surface area contributed by atoms with Crippen LogP contribution in [0.5, 0.6) is 0 Å². The molecule has 2 atom stereocenters. The highest BCUT2D eigenvalue weighted by molar-refractivity contribution is 5.75. The highest BCUT2D eigenvalue weighted by Crippen LogP contribution is 2.23. The summed E-state index contributed by atoms with van der Waals surface area (Å²) in [5.74, 6) is -1.04. The monoisotopic (exact) mass is 256 g/mol. The van der Waals surface area contributed by atoms with Crippen LogP contribution in [0.3, 0.4) is 0 Å². The summed E-state index contributed by atoms with van der Waals surface area (Å²) < 4.78 is 4.25. The predicted octanol–water partition coefficient (Wildman–Crippen LogP) is -0.134. The molecule has 8 heteroatoms. The van der Waals surface area contributed by atoms with E-state index in [1.165, 1.54) is 6.92 Å². The fraction of sp³-hybridized carbons (Fsp3) is 0.400. The van der Waals surface area contributed by atoms with Crippen molar-refractivity contribution in [1.82, 2.24) is 4.98 Å². The van der Waals surface area contributed by atoms with Gasteiger partial charge in [-0.25, -0.2) is 4.79 Å². The van der Waals surface area contributed by atoms with Gasteiger partial charge in [-0.1, -0.05) is 0 Å². The lowest BCUT2D eigenvalue weighted by atomic mass is 10.1. The Bertz CT molecular complexity index is 475. The van der Waals surface area contributed by atoms with Crippen molar-refractivity contribution < 1.29 is 24.7 Å². The number of rotatable bonds is 4. The van der Waals surface area contributed by atoms with E-state index in [-0.39, 0.29) is 16.9 Å². The quantitative estimate of drug-likeness (QED) is 0.436. The molecule has 1 heterocycles. The zero-order valence-electron chi connectivity index (χ0n) is 9.73. The molecule has 0 aliphatic rings. The molecule has 0 aliphatic carbocycles. The third-order valence-electron chi connectivity index (χ3n) is 2.36. The van der Waals surface area contributed by atoms with E-state index in [9.17, 15) is 25.1 Å². The Hall–Kier alpha value is -2.06. The molecule has 0 fully saturated rings. The number of ether oxygens (including phenoxy) is 1. The lowest BCUT2D eigenvalue weighted by molar-refractivity contribution is -0.385. The molecule has 0 spiro atoms. The minimum atomic E-state index is -1.82. The summed E-state index contributed by atoms with van der Waals surface area (Å²) in [6, 6.07) is 1.05. The smallest absolute Gasteiger partial charge is 0.337 e. The van der Waals surface area contributed by atoms with Crippen LogP contribution >= 0.6 is 0 Å². The average Bonchev–Trinajstić information content (AvgIpc) is 2.36. The molecule has 1 rings (SSSR count). The number of aromatic nitrogens is 1. The number of methoxy groups -OCH3 is 1. The van der Waals surface area contributed by atoms with E-state index < -0.39 is 23.1 Å². The number of nitro groups is 1. The van der Waals surface area contributed by atoms with E-state index in [4.69, 9.17) is 0 Å². The Labute approximate surface area is 102 Å². The third-order valence-corrected chi connectivity index (χ3v) is 2.36. The van der Waals surface area contributed by atoms with E-state index in [1.54, 1.807) is 0 Å². The standard InChI is InChI=1S/C10H12N2O6/c1-5-7(12(16)17)3-6(4-11-5)8(13)9(14)10(15)18-2/h3-4,8-9,13-14H,1-2H3. The molecule has 8 nitrogen and oxygen atoms in total. The van der Waals surface area contributed by atoms with Crippen molar-refractivity contribution in [2.45, 2.75) is 19.1 Å². The number of carbonyl (C=O) groups excluding carboxylic acids is 1. The fourth-order valence-corrected chi connectivity index (χ4v) is 1.32. The van der Waals surface area contributed by atoms with Gasteiger partial charge >= 0.3 is 5.97 Å². The third kappa shape index (κ3) is 2.79. The van der Waals surface area contributed by atoms with Gasteiger partial charge in [0.15, 0.2) is 6.10 Å². The minimum absolute atomic E-state index is 0.0369. The van der Waals surface area contributed by atoms with Crippen LogP contribution < -0.4 is 0 Å². The highest BCUT2D eigenvalue weighted by atomic mass is 16.6. The summed E-state index contributed by atoms with van der Waals surface area (Å²) >= 11 is 0. The molecule has 0 saturated carbocycles. The van der Waals surface area contributed by atoms with E-state index >= 15 is 0 Å². The number of aryl methyl sites for hydroxylation is 1. The average molecular weight is 256 g/mol. The van der Waals surface area contributed by atoms with E-state index in [1.807, 2.05) is 0 Å². The lowest BCUT2D eigenvalue weighted by Crippen LogP contribution is -2.29. The fourth-order valence-electron chi connectivity index (χ4n) is 1.32. The Morgan fingerprint density at radius 3 is 2.67 bits per heavy atom. The highest BCUT2D eigenvalue weighted by Gasteiger charge is 2.28. The molecule has 2 N–H and O–H groups in total. The molecule has 98 valence electrons. The van der Waals surface area contributed by atoms with Gasteiger partial charge in [0, 0.05) is 17.8 Å². The lowest BCUT2D eigenvalue weighted by Gasteiger charge is -2.15. The van der Waals surface area contributed by atoms with Crippen molar-refractivity contribution in [1.29, 1.82) is 0 Å². The number of aliphatic hydroxyl groups excluding tert-OH is 2. The summed E-state index contributed by atoms with van der Waals surface area (Å²) in [5.41, 5.74) is -0.169. The molecule has 18 heavy (non-hydrogen) atoms. The molecular formula is C10H12N2O6. The van der Waals surface area contributed by atoms with Crippen molar-refractivity contribution in [3.63, 3.8) is 0 Å². The summed E-state index contributed by atoms with van der Waals surface area (Å²) in [7, 11) is 1.05. The molecule has 1 aromatic rings. The van der Waals surface area contributed by atoms with Crippen molar-refractivity contribution in [2.24, 2.45) is 0 Å². The molecule has 0 aliphatic heterocycles. The first-order valence-corrected chi connectivity index (χ1v) is 4.93. The summed E-state index contributed by atoms with van der Waals surface area (Å²) in [5, 5.41) is 29.8. The van der Waals surface area contributed by atoms with E-state index in [2.05, 4.69) is 9.72 Å². The van der Waals surface area contributed by atoms with Gasteiger partial charge in [0.2, 0.25) is 0 Å². The number of hydrogen-bond acceptors (Lipinski definition) is 7.